The van der Waals surface area contributed by atoms with E-state index in [1.54, 1.807) is 11.0 Å². The van der Waals surface area contributed by atoms with Crippen LogP contribution in [-0.4, -0.2) is 20.5 Å². The van der Waals surface area contributed by atoms with Gasteiger partial charge in [-0.1, -0.05) is 50.4 Å². The van der Waals surface area contributed by atoms with Crippen LogP contribution in [0.2, 0.25) is 5.02 Å². The average Bonchev–Trinajstić information content (AvgIpc) is 3.12. The van der Waals surface area contributed by atoms with Crippen molar-refractivity contribution in [3.8, 4) is 6.07 Å². The average molecular weight is 365 g/mol. The lowest BCUT2D eigenvalue weighted by Crippen LogP contribution is -2.30. The Morgan fingerprint density at radius 2 is 1.92 bits per heavy atom. The number of aromatic nitrogens is 3. The maximum atomic E-state index is 9.78. The van der Waals surface area contributed by atoms with Gasteiger partial charge >= 0.3 is 0 Å². The third kappa shape index (κ3) is 6.18. The fourth-order valence-corrected chi connectivity index (χ4v) is 2.43. The Bertz CT molecular complexity index is 605. The zero-order chi connectivity index (χ0) is 17.8. The minimum absolute atomic E-state index is 0.505. The number of hydrogen-bond acceptors (Lipinski definition) is 4. The van der Waals surface area contributed by atoms with Crippen molar-refractivity contribution in [2.75, 3.05) is 5.75 Å². The molecule has 0 aliphatic rings. The number of halogens is 1. The molecule has 4 nitrogen and oxygen atoms in total. The Balaban J connectivity index is 0.000000648. The van der Waals surface area contributed by atoms with E-state index < -0.39 is 5.41 Å². The minimum Gasteiger partial charge on any atom is -0.251 e. The standard InChI is InChI=1S/C15H17ClN4.C3H8S/c1-2-3-8-15(9-17,10-20-12-18-11-19-20)13-4-6-14(16)7-5-13;1-2-3-4/h4-7,11-12H,2-3,8,10H2,1H3;4H,2-3H2,1H3. The molecule has 0 radical (unpaired) electrons. The van der Waals surface area contributed by atoms with Crippen LogP contribution in [0.3, 0.4) is 0 Å². The van der Waals surface area contributed by atoms with E-state index in [9.17, 15) is 5.26 Å². The van der Waals surface area contributed by atoms with Crippen LogP contribution in [-0.2, 0) is 12.0 Å². The first-order chi connectivity index (χ1) is 11.6. The molecular weight excluding hydrogens is 340 g/mol. The van der Waals surface area contributed by atoms with Gasteiger partial charge in [0.1, 0.15) is 18.1 Å². The Labute approximate surface area is 155 Å². The molecule has 1 atom stereocenters. The summed E-state index contributed by atoms with van der Waals surface area (Å²) in [4.78, 5) is 3.95. The SMILES string of the molecule is CCCCC(C#N)(Cn1cncn1)c1ccc(Cl)cc1.CCCS. The summed E-state index contributed by atoms with van der Waals surface area (Å²) < 4.78 is 1.72. The van der Waals surface area contributed by atoms with E-state index in [-0.39, 0.29) is 0 Å². The summed E-state index contributed by atoms with van der Waals surface area (Å²) in [6.45, 7) is 4.73. The number of benzene rings is 1. The Morgan fingerprint density at radius 1 is 1.25 bits per heavy atom. The van der Waals surface area contributed by atoms with Crippen LogP contribution >= 0.6 is 24.2 Å². The van der Waals surface area contributed by atoms with Crippen LogP contribution in [0.25, 0.3) is 0 Å². The summed E-state index contributed by atoms with van der Waals surface area (Å²) in [6, 6.07) is 10.0. The molecule has 1 unspecified atom stereocenters. The second kappa shape index (κ2) is 11.1. The predicted octanol–water partition coefficient (Wildman–Crippen LogP) is 4.91. The van der Waals surface area contributed by atoms with Gasteiger partial charge < -0.3 is 0 Å². The highest BCUT2D eigenvalue weighted by Gasteiger charge is 2.32. The molecule has 1 aromatic carbocycles. The lowest BCUT2D eigenvalue weighted by atomic mass is 9.77. The van der Waals surface area contributed by atoms with Gasteiger partial charge in [0.15, 0.2) is 0 Å². The van der Waals surface area contributed by atoms with Gasteiger partial charge in [0.2, 0.25) is 0 Å². The summed E-state index contributed by atoms with van der Waals surface area (Å²) in [5.41, 5.74) is 0.391. The monoisotopic (exact) mass is 364 g/mol. The molecule has 0 spiro atoms. The van der Waals surface area contributed by atoms with Gasteiger partial charge in [-0.25, -0.2) is 4.98 Å². The second-order valence-corrected chi connectivity index (χ2v) is 6.50. The van der Waals surface area contributed by atoms with Gasteiger partial charge in [0.25, 0.3) is 0 Å². The van der Waals surface area contributed by atoms with Crippen LogP contribution in [0, 0.1) is 11.3 Å². The summed E-state index contributed by atoms with van der Waals surface area (Å²) in [5, 5.41) is 14.6. The normalized spacial score (nSPS) is 12.6. The van der Waals surface area contributed by atoms with E-state index in [1.165, 1.54) is 12.7 Å². The molecule has 24 heavy (non-hydrogen) atoms. The van der Waals surface area contributed by atoms with E-state index in [0.29, 0.717) is 11.6 Å². The van der Waals surface area contributed by atoms with Crippen molar-refractivity contribution in [3.05, 3.63) is 47.5 Å². The highest BCUT2D eigenvalue weighted by Crippen LogP contribution is 2.32. The van der Waals surface area contributed by atoms with Gasteiger partial charge in [0.05, 0.1) is 12.6 Å². The zero-order valence-electron chi connectivity index (χ0n) is 14.3. The summed E-state index contributed by atoms with van der Waals surface area (Å²) in [6.07, 6.45) is 7.15. The third-order valence-electron chi connectivity index (χ3n) is 3.69. The first kappa shape index (κ1) is 20.5. The van der Waals surface area contributed by atoms with Crippen LogP contribution in [0.5, 0.6) is 0 Å². The molecular formula is C18H25ClN4S. The highest BCUT2D eigenvalue weighted by molar-refractivity contribution is 7.80. The number of rotatable bonds is 7. The van der Waals surface area contributed by atoms with Crippen LogP contribution in [0.1, 0.15) is 45.1 Å². The van der Waals surface area contributed by atoms with Crippen molar-refractivity contribution in [3.63, 3.8) is 0 Å². The smallest absolute Gasteiger partial charge is 0.137 e. The molecule has 130 valence electrons. The Hall–Kier alpha value is -1.51. The molecule has 2 rings (SSSR count). The van der Waals surface area contributed by atoms with Crippen molar-refractivity contribution in [1.82, 2.24) is 14.8 Å². The topological polar surface area (TPSA) is 54.5 Å². The summed E-state index contributed by atoms with van der Waals surface area (Å²) in [5.74, 6) is 1.01. The Morgan fingerprint density at radius 3 is 2.38 bits per heavy atom. The van der Waals surface area contributed by atoms with Gasteiger partial charge in [-0.3, -0.25) is 4.68 Å². The van der Waals surface area contributed by atoms with Crippen molar-refractivity contribution in [2.24, 2.45) is 0 Å². The molecule has 0 amide bonds. The fourth-order valence-electron chi connectivity index (χ4n) is 2.31. The maximum Gasteiger partial charge on any atom is 0.137 e. The zero-order valence-corrected chi connectivity index (χ0v) is 16.0. The van der Waals surface area contributed by atoms with Gasteiger partial charge in [-0.2, -0.15) is 23.0 Å². The summed E-state index contributed by atoms with van der Waals surface area (Å²) >= 11 is 9.86. The van der Waals surface area contributed by atoms with Crippen molar-refractivity contribution in [2.45, 2.75) is 51.5 Å². The molecule has 1 heterocycles. The Kier molecular flexibility index (Phi) is 9.51. The van der Waals surface area contributed by atoms with Crippen molar-refractivity contribution < 1.29 is 0 Å². The lowest BCUT2D eigenvalue weighted by molar-refractivity contribution is 0.390. The maximum absolute atomic E-state index is 9.78. The number of nitrogens with zero attached hydrogens (tertiary/aromatic N) is 4. The third-order valence-corrected chi connectivity index (χ3v) is 4.39. The van der Waals surface area contributed by atoms with Crippen molar-refractivity contribution >= 4 is 24.2 Å². The molecule has 0 bridgehead atoms. The molecule has 1 aromatic heterocycles. The molecule has 6 heteroatoms. The van der Waals surface area contributed by atoms with Gasteiger partial charge in [0, 0.05) is 5.02 Å². The molecule has 0 aliphatic carbocycles. The molecule has 0 aliphatic heterocycles. The molecule has 0 saturated carbocycles. The predicted molar refractivity (Wildman–Crippen MR) is 102 cm³/mol. The van der Waals surface area contributed by atoms with E-state index in [4.69, 9.17) is 11.6 Å². The summed E-state index contributed by atoms with van der Waals surface area (Å²) in [7, 11) is 0. The van der Waals surface area contributed by atoms with Crippen LogP contribution in [0.4, 0.5) is 0 Å². The fraction of sp³-hybridized carbons (Fsp3) is 0.500. The van der Waals surface area contributed by atoms with E-state index in [0.717, 1.165) is 30.6 Å². The lowest BCUT2D eigenvalue weighted by Gasteiger charge is -2.27. The highest BCUT2D eigenvalue weighted by atomic mass is 35.5. The van der Waals surface area contributed by atoms with Gasteiger partial charge in [-0.05, 0) is 36.3 Å². The molecule has 0 N–H and O–H groups in total. The molecule has 2 aromatic rings. The van der Waals surface area contributed by atoms with Gasteiger partial charge in [-0.15, -0.1) is 0 Å². The van der Waals surface area contributed by atoms with Crippen molar-refractivity contribution in [1.29, 1.82) is 5.26 Å². The van der Waals surface area contributed by atoms with Crippen LogP contribution in [0.15, 0.2) is 36.9 Å². The van der Waals surface area contributed by atoms with E-state index in [2.05, 4.69) is 42.6 Å². The largest absolute Gasteiger partial charge is 0.251 e. The first-order valence-corrected chi connectivity index (χ1v) is 9.23. The first-order valence-electron chi connectivity index (χ1n) is 8.22. The second-order valence-electron chi connectivity index (χ2n) is 5.62. The number of hydrogen-bond donors (Lipinski definition) is 1. The molecule has 0 saturated heterocycles. The molecule has 0 fully saturated rings. The number of unbranched alkanes of at least 4 members (excludes halogenated alkanes) is 1. The minimum atomic E-state index is -0.589. The van der Waals surface area contributed by atoms with Crippen LogP contribution < -0.4 is 0 Å². The quantitative estimate of drug-likeness (QED) is 0.710. The number of thiol groups is 1. The van der Waals surface area contributed by atoms with E-state index >= 15 is 0 Å². The number of nitriles is 1. The van der Waals surface area contributed by atoms with E-state index in [1.807, 2.05) is 24.3 Å².